The van der Waals surface area contributed by atoms with Gasteiger partial charge in [-0.3, -0.25) is 0 Å². The maximum absolute atomic E-state index is 2.58. The second-order valence-electron chi connectivity index (χ2n) is 16.0. The van der Waals surface area contributed by atoms with Crippen molar-refractivity contribution in [2.75, 3.05) is 14.7 Å². The second kappa shape index (κ2) is 13.1. The van der Waals surface area contributed by atoms with E-state index in [0.717, 1.165) is 11.4 Å². The molecule has 0 radical (unpaired) electrons. The predicted octanol–water partition coefficient (Wildman–Crippen LogP) is 12.0. The third-order valence-electron chi connectivity index (χ3n) is 11.7. The summed E-state index contributed by atoms with van der Waals surface area (Å²) < 4.78 is 0. The van der Waals surface area contributed by atoms with Crippen molar-refractivity contribution in [3.63, 3.8) is 0 Å². The summed E-state index contributed by atoms with van der Waals surface area (Å²) in [6, 6.07) is 48.1. The van der Waals surface area contributed by atoms with Crippen LogP contribution in [-0.4, -0.2) is 6.71 Å². The lowest BCUT2D eigenvalue weighted by Crippen LogP contribution is -2.61. The van der Waals surface area contributed by atoms with Gasteiger partial charge in [0.15, 0.2) is 0 Å². The molecule has 0 unspecified atom stereocenters. The van der Waals surface area contributed by atoms with Crippen LogP contribution < -0.4 is 31.1 Å². The topological polar surface area (TPSA) is 9.72 Å². The normalized spacial score (nSPS) is 12.7. The highest BCUT2D eigenvalue weighted by molar-refractivity contribution is 7.00. The summed E-state index contributed by atoms with van der Waals surface area (Å²) in [5.41, 5.74) is 26.3. The number of aryl methyl sites for hydroxylation is 9. The van der Waals surface area contributed by atoms with E-state index in [0.29, 0.717) is 0 Å². The molecule has 0 saturated carbocycles. The van der Waals surface area contributed by atoms with Crippen molar-refractivity contribution < 1.29 is 0 Å². The molecule has 0 bridgehead atoms. The predicted molar refractivity (Wildman–Crippen MR) is 238 cm³/mol. The Balaban J connectivity index is 1.46. The summed E-state index contributed by atoms with van der Waals surface area (Å²) in [5, 5.41) is 0. The van der Waals surface area contributed by atoms with Gasteiger partial charge in [-0.2, -0.15) is 0 Å². The van der Waals surface area contributed by atoms with Crippen LogP contribution in [0.4, 0.5) is 51.2 Å². The molecule has 4 heteroatoms. The number of hydrogen-bond acceptors (Lipinski definition) is 3. The maximum atomic E-state index is 2.58. The first kappa shape index (κ1) is 34.8. The first-order valence-corrected chi connectivity index (χ1v) is 19.6. The zero-order valence-corrected chi connectivity index (χ0v) is 33.5. The van der Waals surface area contributed by atoms with Gasteiger partial charge < -0.3 is 14.7 Å². The molecule has 270 valence electrons. The van der Waals surface area contributed by atoms with Crippen molar-refractivity contribution in [3.05, 3.63) is 177 Å². The fourth-order valence-corrected chi connectivity index (χ4v) is 10.1. The molecule has 7 aromatic carbocycles. The maximum Gasteiger partial charge on any atom is 0.252 e. The quantitative estimate of drug-likeness (QED) is 0.164. The summed E-state index contributed by atoms with van der Waals surface area (Å²) in [5.74, 6) is 0. The van der Waals surface area contributed by atoms with Gasteiger partial charge in [0.25, 0.3) is 6.71 Å². The van der Waals surface area contributed by atoms with Gasteiger partial charge in [0, 0.05) is 28.4 Å². The Bertz CT molecular complexity index is 2480. The molecular formula is C51H48BN3. The summed E-state index contributed by atoms with van der Waals surface area (Å²) >= 11 is 0. The molecule has 2 aliphatic heterocycles. The summed E-state index contributed by atoms with van der Waals surface area (Å²) in [7, 11) is 0. The van der Waals surface area contributed by atoms with Crippen LogP contribution in [-0.2, 0) is 0 Å². The smallest absolute Gasteiger partial charge is 0.252 e. The number of fused-ring (bicyclic) bond motifs is 4. The molecule has 2 aliphatic rings. The van der Waals surface area contributed by atoms with E-state index >= 15 is 0 Å². The minimum atomic E-state index is 0.0593. The lowest BCUT2D eigenvalue weighted by Gasteiger charge is -2.46. The number of anilines is 9. The molecule has 0 spiro atoms. The first-order chi connectivity index (χ1) is 26.5. The molecule has 0 aliphatic carbocycles. The summed E-state index contributed by atoms with van der Waals surface area (Å²) in [4.78, 5) is 7.66. The minimum absolute atomic E-state index is 0.0593. The summed E-state index contributed by atoms with van der Waals surface area (Å²) in [6.45, 7) is 20.3. The Morgan fingerprint density at radius 2 is 0.764 bits per heavy atom. The number of rotatable bonds is 5. The van der Waals surface area contributed by atoms with E-state index in [1.54, 1.807) is 0 Å². The van der Waals surface area contributed by atoms with Gasteiger partial charge in [-0.15, -0.1) is 0 Å². The minimum Gasteiger partial charge on any atom is -0.311 e. The number of hydrogen-bond donors (Lipinski definition) is 0. The van der Waals surface area contributed by atoms with Crippen molar-refractivity contribution in [1.82, 2.24) is 0 Å². The SMILES string of the molecule is Cc1cc(C)c(N(c2ccccc2)c2cc3c4c(c2)N(c2c(C)cc(C)cc2C)c2ccccc2B4c2ccccc2N3c2c(C)cc(C)cc2C)c(C)c1. The largest absolute Gasteiger partial charge is 0.311 e. The Kier molecular flexibility index (Phi) is 8.27. The van der Waals surface area contributed by atoms with Crippen molar-refractivity contribution in [1.29, 1.82) is 0 Å². The van der Waals surface area contributed by atoms with Gasteiger partial charge in [0.1, 0.15) is 0 Å². The molecule has 0 aromatic heterocycles. The molecule has 9 rings (SSSR count). The Labute approximate surface area is 327 Å². The molecule has 0 amide bonds. The van der Waals surface area contributed by atoms with E-state index in [-0.39, 0.29) is 6.71 Å². The van der Waals surface area contributed by atoms with E-state index in [2.05, 4.69) is 204 Å². The number of nitrogens with zero attached hydrogens (tertiary/aromatic N) is 3. The third-order valence-corrected chi connectivity index (χ3v) is 11.7. The number of benzene rings is 7. The monoisotopic (exact) mass is 713 g/mol. The highest BCUT2D eigenvalue weighted by Gasteiger charge is 2.44. The van der Waals surface area contributed by atoms with Crippen LogP contribution in [0.25, 0.3) is 0 Å². The Morgan fingerprint density at radius 1 is 0.382 bits per heavy atom. The third kappa shape index (κ3) is 5.49. The average Bonchev–Trinajstić information content (AvgIpc) is 3.14. The summed E-state index contributed by atoms with van der Waals surface area (Å²) in [6.07, 6.45) is 0. The fraction of sp³-hybridized carbons (Fsp3) is 0.176. The van der Waals surface area contributed by atoms with E-state index in [9.17, 15) is 0 Å². The van der Waals surface area contributed by atoms with Crippen LogP contribution in [0.2, 0.25) is 0 Å². The van der Waals surface area contributed by atoms with Crippen molar-refractivity contribution >= 4 is 74.3 Å². The van der Waals surface area contributed by atoms with E-state index in [1.165, 1.54) is 106 Å². The van der Waals surface area contributed by atoms with Gasteiger partial charge in [0.05, 0.1) is 22.7 Å². The zero-order valence-electron chi connectivity index (χ0n) is 33.5. The van der Waals surface area contributed by atoms with Gasteiger partial charge in [0.2, 0.25) is 0 Å². The molecule has 0 saturated heterocycles. The van der Waals surface area contributed by atoms with E-state index < -0.39 is 0 Å². The van der Waals surface area contributed by atoms with Crippen LogP contribution in [0.3, 0.4) is 0 Å². The van der Waals surface area contributed by atoms with Gasteiger partial charge in [-0.25, -0.2) is 0 Å². The van der Waals surface area contributed by atoms with Crippen LogP contribution in [0.15, 0.2) is 127 Å². The Morgan fingerprint density at radius 3 is 1.20 bits per heavy atom. The van der Waals surface area contributed by atoms with Gasteiger partial charge in [-0.1, -0.05) is 108 Å². The van der Waals surface area contributed by atoms with Gasteiger partial charge in [-0.05, 0) is 148 Å². The zero-order chi connectivity index (χ0) is 38.3. The van der Waals surface area contributed by atoms with Crippen LogP contribution in [0, 0.1) is 62.3 Å². The van der Waals surface area contributed by atoms with Gasteiger partial charge >= 0.3 is 0 Å². The second-order valence-corrected chi connectivity index (χ2v) is 16.0. The first-order valence-electron chi connectivity index (χ1n) is 19.6. The highest BCUT2D eigenvalue weighted by Crippen LogP contribution is 2.50. The van der Waals surface area contributed by atoms with Crippen molar-refractivity contribution in [2.45, 2.75) is 62.3 Å². The molecule has 0 N–H and O–H groups in total. The fourth-order valence-electron chi connectivity index (χ4n) is 10.1. The standard InChI is InChI=1S/C51H48BN3/c1-31-23-34(4)49(35(5)24-31)53(40-17-11-10-12-18-40)41-29-46-48-47(30-41)55(51-38(8)27-33(3)28-39(51)9)45-22-16-14-20-43(45)52(48)42-19-13-15-21-44(42)54(46)50-36(6)25-32(2)26-37(50)7/h10-30H,1-9H3. The van der Waals surface area contributed by atoms with Crippen LogP contribution in [0.1, 0.15) is 50.1 Å². The molecule has 0 atom stereocenters. The molecular weight excluding hydrogens is 665 g/mol. The lowest BCUT2D eigenvalue weighted by molar-refractivity contribution is 1.17. The van der Waals surface area contributed by atoms with E-state index in [1.807, 2.05) is 0 Å². The molecule has 55 heavy (non-hydrogen) atoms. The average molecular weight is 714 g/mol. The van der Waals surface area contributed by atoms with E-state index in [4.69, 9.17) is 0 Å². The molecule has 7 aromatic rings. The van der Waals surface area contributed by atoms with Crippen molar-refractivity contribution in [2.24, 2.45) is 0 Å². The lowest BCUT2D eigenvalue weighted by atomic mass is 9.33. The highest BCUT2D eigenvalue weighted by atomic mass is 15.2. The molecule has 0 fully saturated rings. The number of para-hydroxylation sites is 3. The Hall–Kier alpha value is -6.00. The molecule has 3 nitrogen and oxygen atoms in total. The van der Waals surface area contributed by atoms with Crippen molar-refractivity contribution in [3.8, 4) is 0 Å². The van der Waals surface area contributed by atoms with Crippen LogP contribution >= 0.6 is 0 Å². The van der Waals surface area contributed by atoms with Crippen LogP contribution in [0.5, 0.6) is 0 Å². The molecule has 2 heterocycles.